The lowest BCUT2D eigenvalue weighted by atomic mass is 10.1. The lowest BCUT2D eigenvalue weighted by Crippen LogP contribution is -2.46. The molecule has 0 saturated heterocycles. The van der Waals surface area contributed by atoms with Crippen molar-refractivity contribution in [2.24, 2.45) is 0 Å². The number of hydrogen-bond acceptors (Lipinski definition) is 6. The van der Waals surface area contributed by atoms with Crippen LogP contribution < -0.4 is 19.7 Å². The number of benzene rings is 1. The SMILES string of the molecule is O=C(NC1CCCC1)[C@H](c1ccco1)N(C(=O)c1ccco1)c1ccc2c(c1)OCCO2. The molecule has 1 aliphatic heterocycles. The van der Waals surface area contributed by atoms with E-state index >= 15 is 0 Å². The van der Waals surface area contributed by atoms with Gasteiger partial charge in [0.15, 0.2) is 23.3 Å². The van der Waals surface area contributed by atoms with E-state index < -0.39 is 11.9 Å². The summed E-state index contributed by atoms with van der Waals surface area (Å²) in [6.07, 6.45) is 6.92. The molecule has 1 atom stereocenters. The second-order valence-electron chi connectivity index (χ2n) is 7.89. The average Bonchev–Trinajstić information content (AvgIpc) is 3.60. The number of rotatable bonds is 6. The first-order chi connectivity index (χ1) is 15.7. The maximum Gasteiger partial charge on any atom is 0.295 e. The van der Waals surface area contributed by atoms with E-state index in [1.54, 1.807) is 42.5 Å². The molecular formula is C24H24N2O6. The van der Waals surface area contributed by atoms with Crippen LogP contribution in [0.5, 0.6) is 11.5 Å². The minimum Gasteiger partial charge on any atom is -0.486 e. The van der Waals surface area contributed by atoms with Gasteiger partial charge >= 0.3 is 0 Å². The summed E-state index contributed by atoms with van der Waals surface area (Å²) in [5.41, 5.74) is 0.471. The van der Waals surface area contributed by atoms with Crippen LogP contribution in [0.4, 0.5) is 5.69 Å². The van der Waals surface area contributed by atoms with Crippen molar-refractivity contribution in [3.63, 3.8) is 0 Å². The molecule has 0 bridgehead atoms. The summed E-state index contributed by atoms with van der Waals surface area (Å²) in [4.78, 5) is 28.5. The van der Waals surface area contributed by atoms with Gasteiger partial charge in [0, 0.05) is 17.8 Å². The zero-order chi connectivity index (χ0) is 21.9. The number of carbonyl (C=O) groups excluding carboxylic acids is 2. The van der Waals surface area contributed by atoms with Gasteiger partial charge in [-0.05, 0) is 49.2 Å². The van der Waals surface area contributed by atoms with Crippen LogP contribution >= 0.6 is 0 Å². The van der Waals surface area contributed by atoms with Crippen molar-refractivity contribution in [1.82, 2.24) is 5.32 Å². The van der Waals surface area contributed by atoms with Gasteiger partial charge in [-0.3, -0.25) is 14.5 Å². The Labute approximate surface area is 185 Å². The van der Waals surface area contributed by atoms with Crippen molar-refractivity contribution in [2.75, 3.05) is 18.1 Å². The Hall–Kier alpha value is -3.68. The van der Waals surface area contributed by atoms with Crippen LogP contribution in [0.3, 0.4) is 0 Å². The van der Waals surface area contributed by atoms with Gasteiger partial charge in [0.1, 0.15) is 19.0 Å². The van der Waals surface area contributed by atoms with Gasteiger partial charge in [0.05, 0.1) is 12.5 Å². The van der Waals surface area contributed by atoms with Crippen LogP contribution in [-0.4, -0.2) is 31.1 Å². The molecule has 1 aliphatic carbocycles. The Morgan fingerprint density at radius 3 is 2.41 bits per heavy atom. The molecule has 0 unspecified atom stereocenters. The highest BCUT2D eigenvalue weighted by atomic mass is 16.6. The second-order valence-corrected chi connectivity index (χ2v) is 7.89. The molecule has 8 heteroatoms. The molecule has 3 heterocycles. The fourth-order valence-corrected chi connectivity index (χ4v) is 4.26. The van der Waals surface area contributed by atoms with E-state index in [1.807, 2.05) is 0 Å². The molecule has 2 aromatic heterocycles. The van der Waals surface area contributed by atoms with Gasteiger partial charge in [0.2, 0.25) is 0 Å². The molecule has 2 amide bonds. The maximum absolute atomic E-state index is 13.6. The van der Waals surface area contributed by atoms with Crippen molar-refractivity contribution in [1.29, 1.82) is 0 Å². The van der Waals surface area contributed by atoms with Crippen molar-refractivity contribution in [3.8, 4) is 11.5 Å². The normalized spacial score (nSPS) is 16.5. The largest absolute Gasteiger partial charge is 0.486 e. The predicted molar refractivity (Wildman–Crippen MR) is 115 cm³/mol. The maximum atomic E-state index is 13.6. The first kappa shape index (κ1) is 20.2. The fourth-order valence-electron chi connectivity index (χ4n) is 4.26. The number of nitrogens with zero attached hydrogens (tertiary/aromatic N) is 1. The van der Waals surface area contributed by atoms with Crippen molar-refractivity contribution >= 4 is 17.5 Å². The van der Waals surface area contributed by atoms with E-state index in [0.717, 1.165) is 25.7 Å². The monoisotopic (exact) mass is 436 g/mol. The van der Waals surface area contributed by atoms with Crippen molar-refractivity contribution in [3.05, 3.63) is 66.5 Å². The molecule has 166 valence electrons. The summed E-state index contributed by atoms with van der Waals surface area (Å²) in [7, 11) is 0. The standard InChI is InChI=1S/C24H24N2O6/c27-23(25-16-5-1-2-6-16)22(19-7-3-11-29-19)26(24(28)20-8-4-12-30-20)17-9-10-18-21(15-17)32-14-13-31-18/h3-4,7-12,15-16,22H,1-2,5-6,13-14H2,(H,25,27)/t22-/m0/s1. The minimum absolute atomic E-state index is 0.0841. The lowest BCUT2D eigenvalue weighted by Gasteiger charge is -2.31. The molecule has 1 aromatic carbocycles. The predicted octanol–water partition coefficient (Wildman–Crippen LogP) is 4.09. The molecule has 32 heavy (non-hydrogen) atoms. The fraction of sp³-hybridized carbons (Fsp3) is 0.333. The second kappa shape index (κ2) is 8.82. The molecule has 3 aromatic rings. The van der Waals surface area contributed by atoms with Crippen molar-refractivity contribution in [2.45, 2.75) is 37.8 Å². The summed E-state index contributed by atoms with van der Waals surface area (Å²) in [5, 5.41) is 3.10. The summed E-state index contributed by atoms with van der Waals surface area (Å²) < 4.78 is 22.3. The van der Waals surface area contributed by atoms with E-state index in [-0.39, 0.29) is 17.7 Å². The van der Waals surface area contributed by atoms with Crippen LogP contribution in [0.1, 0.15) is 48.0 Å². The number of carbonyl (C=O) groups is 2. The highest BCUT2D eigenvalue weighted by molar-refractivity contribution is 6.08. The third-order valence-electron chi connectivity index (χ3n) is 5.78. The average molecular weight is 436 g/mol. The molecule has 0 spiro atoms. The topological polar surface area (TPSA) is 94.2 Å². The third-order valence-corrected chi connectivity index (χ3v) is 5.78. The molecule has 1 N–H and O–H groups in total. The Bertz CT molecular complexity index is 1070. The van der Waals surface area contributed by atoms with Crippen LogP contribution in [0.25, 0.3) is 0 Å². The molecule has 2 aliphatic rings. The number of ether oxygens (including phenoxy) is 2. The Morgan fingerprint density at radius 1 is 0.938 bits per heavy atom. The zero-order valence-corrected chi connectivity index (χ0v) is 17.5. The molecular weight excluding hydrogens is 412 g/mol. The summed E-state index contributed by atoms with van der Waals surface area (Å²) >= 11 is 0. The molecule has 0 radical (unpaired) electrons. The Morgan fingerprint density at radius 2 is 1.69 bits per heavy atom. The zero-order valence-electron chi connectivity index (χ0n) is 17.5. The van der Waals surface area contributed by atoms with Gasteiger partial charge in [0.25, 0.3) is 11.8 Å². The molecule has 1 saturated carbocycles. The highest BCUT2D eigenvalue weighted by Gasteiger charge is 2.38. The van der Waals surface area contributed by atoms with Gasteiger partial charge in [-0.25, -0.2) is 0 Å². The van der Waals surface area contributed by atoms with E-state index in [9.17, 15) is 9.59 Å². The van der Waals surface area contributed by atoms with E-state index in [1.165, 1.54) is 17.4 Å². The van der Waals surface area contributed by atoms with Crippen LogP contribution in [-0.2, 0) is 4.79 Å². The van der Waals surface area contributed by atoms with E-state index in [2.05, 4.69) is 5.32 Å². The first-order valence-electron chi connectivity index (χ1n) is 10.8. The number of amides is 2. The Balaban J connectivity index is 1.57. The van der Waals surface area contributed by atoms with Gasteiger partial charge in [-0.2, -0.15) is 0 Å². The third kappa shape index (κ3) is 3.95. The highest BCUT2D eigenvalue weighted by Crippen LogP contribution is 2.38. The number of nitrogens with one attached hydrogen (secondary N) is 1. The van der Waals surface area contributed by atoms with Gasteiger partial charge in [-0.1, -0.05) is 12.8 Å². The van der Waals surface area contributed by atoms with E-state index in [4.69, 9.17) is 18.3 Å². The Kier molecular flexibility index (Phi) is 5.58. The summed E-state index contributed by atoms with van der Waals surface area (Å²) in [6, 6.07) is 10.8. The molecule has 5 rings (SSSR count). The minimum atomic E-state index is -1.02. The number of fused-ring (bicyclic) bond motifs is 1. The van der Waals surface area contributed by atoms with Crippen molar-refractivity contribution < 1.29 is 27.9 Å². The number of furan rings is 2. The van der Waals surface area contributed by atoms with Crippen LogP contribution in [0.2, 0.25) is 0 Å². The van der Waals surface area contributed by atoms with Gasteiger partial charge in [-0.15, -0.1) is 0 Å². The lowest BCUT2D eigenvalue weighted by molar-refractivity contribution is -0.123. The summed E-state index contributed by atoms with van der Waals surface area (Å²) in [5.74, 6) is 0.812. The van der Waals surface area contributed by atoms with E-state index in [0.29, 0.717) is 36.2 Å². The number of anilines is 1. The molecule has 8 nitrogen and oxygen atoms in total. The molecule has 1 fully saturated rings. The first-order valence-corrected chi connectivity index (χ1v) is 10.8. The smallest absolute Gasteiger partial charge is 0.295 e. The summed E-state index contributed by atoms with van der Waals surface area (Å²) in [6.45, 7) is 0.868. The quantitative estimate of drug-likeness (QED) is 0.626. The van der Waals surface area contributed by atoms with Gasteiger partial charge < -0.3 is 23.6 Å². The number of hydrogen-bond donors (Lipinski definition) is 1. The van der Waals surface area contributed by atoms with Crippen LogP contribution in [0, 0.1) is 0 Å². The van der Waals surface area contributed by atoms with Crippen LogP contribution in [0.15, 0.2) is 63.8 Å².